The van der Waals surface area contributed by atoms with E-state index in [0.29, 0.717) is 30.7 Å². The number of ether oxygens (including phenoxy) is 4. The Morgan fingerprint density at radius 1 is 0.909 bits per heavy atom. The van der Waals surface area contributed by atoms with Gasteiger partial charge < -0.3 is 34.1 Å². The van der Waals surface area contributed by atoms with Gasteiger partial charge in [-0.25, -0.2) is 5.32 Å². The van der Waals surface area contributed by atoms with Crippen molar-refractivity contribution in [2.24, 2.45) is 35.3 Å². The van der Waals surface area contributed by atoms with E-state index in [9.17, 15) is 9.59 Å². The van der Waals surface area contributed by atoms with E-state index >= 15 is 0 Å². The summed E-state index contributed by atoms with van der Waals surface area (Å²) in [6, 6.07) is 0. The standard InChI is InChI=1S/C33H59N5O6/c1-20-7-6-15-38-30(20)36-31-24(33(38)40)19-23(32(39)35-14-12-21-8-10-25(41-2)27(17-21)43-4)29(34)37(31)16-13-22-9-11-26(42-3)28(18-22)44-5/h20-31,36H,6-19,34H2,1-5H3,(H,35,39)/p+1. The Bertz CT molecular complexity index is 958. The Kier molecular flexibility index (Phi) is 12.0. The van der Waals surface area contributed by atoms with Crippen molar-refractivity contribution in [3.8, 4) is 0 Å². The number of carbonyl (C=O) groups excluding carboxylic acids is 2. The molecule has 5 N–H and O–H groups in total. The minimum absolute atomic E-state index is 0.00990. The van der Waals surface area contributed by atoms with Gasteiger partial charge in [-0.2, -0.15) is 0 Å². The quantitative estimate of drug-likeness (QED) is 0.267. The van der Waals surface area contributed by atoms with Crippen molar-refractivity contribution in [2.75, 3.05) is 48.1 Å². The molecule has 0 radical (unpaired) electrons. The maximum Gasteiger partial charge on any atom is 0.234 e. The number of quaternary nitrogens is 1. The molecule has 44 heavy (non-hydrogen) atoms. The van der Waals surface area contributed by atoms with Gasteiger partial charge >= 0.3 is 0 Å². The van der Waals surface area contributed by atoms with Crippen molar-refractivity contribution in [1.29, 1.82) is 0 Å². The van der Waals surface area contributed by atoms with Gasteiger partial charge in [0.15, 0.2) is 12.3 Å². The smallest absolute Gasteiger partial charge is 0.234 e. The van der Waals surface area contributed by atoms with E-state index in [2.05, 4.69) is 22.5 Å². The molecule has 13 unspecified atom stereocenters. The van der Waals surface area contributed by atoms with Gasteiger partial charge in [0.05, 0.1) is 37.1 Å². The number of carbonyl (C=O) groups is 2. The second-order valence-corrected chi connectivity index (χ2v) is 14.4. The van der Waals surface area contributed by atoms with E-state index in [4.69, 9.17) is 24.7 Å². The summed E-state index contributed by atoms with van der Waals surface area (Å²) in [5.41, 5.74) is 7.04. The first-order valence-corrected chi connectivity index (χ1v) is 17.4. The van der Waals surface area contributed by atoms with Crippen molar-refractivity contribution in [3.05, 3.63) is 0 Å². The normalized spacial score (nSPS) is 42.8. The molecule has 3 heterocycles. The van der Waals surface area contributed by atoms with Crippen molar-refractivity contribution in [2.45, 2.75) is 120 Å². The Morgan fingerprint density at radius 3 is 2.14 bits per heavy atom. The first kappa shape index (κ1) is 34.0. The van der Waals surface area contributed by atoms with Gasteiger partial charge in [0.1, 0.15) is 11.8 Å². The van der Waals surface area contributed by atoms with Crippen molar-refractivity contribution >= 4 is 11.8 Å². The van der Waals surface area contributed by atoms with Gasteiger partial charge in [0.25, 0.3) is 0 Å². The molecule has 3 saturated heterocycles. The molecule has 0 aromatic heterocycles. The van der Waals surface area contributed by atoms with Crippen LogP contribution in [0.15, 0.2) is 0 Å². The first-order valence-electron chi connectivity index (χ1n) is 17.4. The van der Waals surface area contributed by atoms with Crippen LogP contribution in [-0.4, -0.2) is 108 Å². The fraction of sp³-hybridized carbons (Fsp3) is 0.939. The minimum Gasteiger partial charge on any atom is -0.379 e. The van der Waals surface area contributed by atoms with Gasteiger partial charge in [0.2, 0.25) is 11.8 Å². The van der Waals surface area contributed by atoms with E-state index in [1.165, 1.54) is 0 Å². The highest BCUT2D eigenvalue weighted by Gasteiger charge is 2.56. The molecular formula is C33H60N5O6+. The number of methoxy groups -OCH3 is 4. The monoisotopic (exact) mass is 622 g/mol. The highest BCUT2D eigenvalue weighted by atomic mass is 16.5. The number of likely N-dealkylation sites (tertiary alicyclic amines) is 1. The molecular weight excluding hydrogens is 562 g/mol. The lowest BCUT2D eigenvalue weighted by molar-refractivity contribution is -0.965. The van der Waals surface area contributed by atoms with Gasteiger partial charge in [-0.1, -0.05) is 6.92 Å². The maximum atomic E-state index is 14.0. The molecule has 0 spiro atoms. The summed E-state index contributed by atoms with van der Waals surface area (Å²) >= 11 is 0. The zero-order valence-corrected chi connectivity index (χ0v) is 27.8. The topological polar surface area (TPSA) is 129 Å². The second kappa shape index (κ2) is 15.5. The van der Waals surface area contributed by atoms with Crippen LogP contribution in [0, 0.1) is 29.6 Å². The zero-order valence-electron chi connectivity index (χ0n) is 27.8. The van der Waals surface area contributed by atoms with Gasteiger partial charge in [0, 0.05) is 41.5 Å². The molecule has 2 aliphatic carbocycles. The van der Waals surface area contributed by atoms with Crippen LogP contribution in [0.4, 0.5) is 0 Å². The molecule has 13 atom stereocenters. The Morgan fingerprint density at radius 2 is 1.52 bits per heavy atom. The van der Waals surface area contributed by atoms with Crippen LogP contribution in [0.2, 0.25) is 0 Å². The molecule has 11 nitrogen and oxygen atoms in total. The summed E-state index contributed by atoms with van der Waals surface area (Å²) in [7, 11) is 7.04. The van der Waals surface area contributed by atoms with E-state index in [1.54, 1.807) is 28.4 Å². The molecule has 0 aromatic rings. The first-order chi connectivity index (χ1) is 21.3. The van der Waals surface area contributed by atoms with E-state index in [0.717, 1.165) is 82.2 Å². The number of amides is 2. The molecule has 5 aliphatic rings. The molecule has 2 amide bonds. The average Bonchev–Trinajstić information content (AvgIpc) is 3.04. The third kappa shape index (κ3) is 7.29. The van der Waals surface area contributed by atoms with Gasteiger partial charge in [-0.05, 0) is 88.4 Å². The van der Waals surface area contributed by atoms with Crippen LogP contribution in [0.25, 0.3) is 0 Å². The molecule has 0 bridgehead atoms. The number of hydrogen-bond acceptors (Lipinski definition) is 8. The summed E-state index contributed by atoms with van der Waals surface area (Å²) in [6.45, 7) is 4.47. The summed E-state index contributed by atoms with van der Waals surface area (Å²) < 4.78 is 22.7. The van der Waals surface area contributed by atoms with Crippen LogP contribution in [0.5, 0.6) is 0 Å². The Hall–Kier alpha value is -1.34. The lowest BCUT2D eigenvalue weighted by Crippen LogP contribution is -3.26. The van der Waals surface area contributed by atoms with Gasteiger partial charge in [-0.3, -0.25) is 15.3 Å². The lowest BCUT2D eigenvalue weighted by Gasteiger charge is -2.54. The van der Waals surface area contributed by atoms with Crippen molar-refractivity contribution in [1.82, 2.24) is 15.5 Å². The number of hydrogen-bond donors (Lipinski definition) is 4. The van der Waals surface area contributed by atoms with Crippen LogP contribution in [-0.2, 0) is 28.5 Å². The number of nitrogens with one attached hydrogen (secondary N) is 3. The maximum absolute atomic E-state index is 14.0. The molecule has 11 heteroatoms. The van der Waals surface area contributed by atoms with Crippen molar-refractivity contribution < 1.29 is 33.4 Å². The number of nitrogens with two attached hydrogens (primary N) is 1. The highest BCUT2D eigenvalue weighted by molar-refractivity contribution is 5.83. The minimum atomic E-state index is -0.400. The van der Waals surface area contributed by atoms with Crippen molar-refractivity contribution in [3.63, 3.8) is 0 Å². The van der Waals surface area contributed by atoms with E-state index in [-0.39, 0.29) is 60.6 Å². The molecule has 2 saturated carbocycles. The van der Waals surface area contributed by atoms with Gasteiger partial charge in [-0.15, -0.1) is 0 Å². The van der Waals surface area contributed by atoms with E-state index < -0.39 is 5.92 Å². The summed E-state index contributed by atoms with van der Waals surface area (Å²) in [4.78, 5) is 31.0. The zero-order chi connectivity index (χ0) is 31.4. The summed E-state index contributed by atoms with van der Waals surface area (Å²) in [5, 5.41) is 7.13. The van der Waals surface area contributed by atoms with E-state index in [1.807, 2.05) is 0 Å². The predicted molar refractivity (Wildman–Crippen MR) is 166 cm³/mol. The molecule has 5 rings (SSSR count). The number of piperidine rings is 2. The molecule has 252 valence electrons. The summed E-state index contributed by atoms with van der Waals surface area (Å²) in [5.74, 6) is 0.942. The van der Waals surface area contributed by atoms with Crippen LogP contribution in [0.1, 0.15) is 77.6 Å². The molecule has 5 fully saturated rings. The Labute approximate surface area is 264 Å². The highest BCUT2D eigenvalue weighted by Crippen LogP contribution is 2.34. The van der Waals surface area contributed by atoms with Crippen LogP contribution >= 0.6 is 0 Å². The fourth-order valence-corrected chi connectivity index (χ4v) is 9.25. The number of nitrogens with zero attached hydrogens (tertiary/aromatic N) is 1. The third-order valence-corrected chi connectivity index (χ3v) is 12.0. The Balaban J connectivity index is 1.24. The fourth-order valence-electron chi connectivity index (χ4n) is 9.25. The van der Waals surface area contributed by atoms with Crippen LogP contribution in [0.3, 0.4) is 0 Å². The number of rotatable bonds is 11. The van der Waals surface area contributed by atoms with Crippen LogP contribution < -0.4 is 21.3 Å². The predicted octanol–water partition coefficient (Wildman–Crippen LogP) is 0.863. The molecule has 3 aliphatic heterocycles. The summed E-state index contributed by atoms with van der Waals surface area (Å²) in [6.07, 6.45) is 10.7. The SMILES string of the molecule is COC1CCC(CCNC(=O)C2CC3C(=O)N4CCCC(C)C4NC3[NH+](CCC3CCC(OC)C(OC)C3)C2N)CC1OC. The average molecular weight is 623 g/mol. The lowest BCUT2D eigenvalue weighted by atomic mass is 9.78. The largest absolute Gasteiger partial charge is 0.379 e. The number of fused-ring (bicyclic) bond motifs is 2. The third-order valence-electron chi connectivity index (χ3n) is 12.0. The molecule has 0 aromatic carbocycles. The second-order valence-electron chi connectivity index (χ2n) is 14.4.